The van der Waals surface area contributed by atoms with Gasteiger partial charge < -0.3 is 30.1 Å². The third-order valence-corrected chi connectivity index (χ3v) is 10.3. The van der Waals surface area contributed by atoms with Gasteiger partial charge in [0.15, 0.2) is 5.79 Å². The van der Waals surface area contributed by atoms with Crippen molar-refractivity contribution in [1.29, 1.82) is 0 Å². The molecular weight excluding hydrogens is 534 g/mol. The molecule has 1 aliphatic carbocycles. The molecule has 2 saturated heterocycles. The van der Waals surface area contributed by atoms with E-state index in [0.717, 1.165) is 56.4 Å². The molecule has 8 heteroatoms. The second-order valence-electron chi connectivity index (χ2n) is 14.4. The monoisotopic (exact) mass is 593 g/mol. The van der Waals surface area contributed by atoms with Crippen molar-refractivity contribution in [1.82, 2.24) is 4.90 Å². The van der Waals surface area contributed by atoms with Crippen LogP contribution in [-0.2, 0) is 14.3 Å². The highest BCUT2D eigenvalue weighted by molar-refractivity contribution is 5.84. The fourth-order valence-corrected chi connectivity index (χ4v) is 7.84. The number of piperidine rings is 1. The second-order valence-corrected chi connectivity index (χ2v) is 14.4. The SMILES string of the molecule is CC(=CC(C)CC(C)CC(C)CC1CCC(O)CC1)C(O)CC1CCC(C)C(O)(CC(=O)N2CCCCC2C(=O)O)O1. The van der Waals surface area contributed by atoms with Crippen LogP contribution in [0.5, 0.6) is 0 Å². The molecule has 8 nitrogen and oxygen atoms in total. The summed E-state index contributed by atoms with van der Waals surface area (Å²) in [5.41, 5.74) is 0.906. The number of carbonyl (C=O) groups excluding carboxylic acids is 1. The number of aliphatic hydroxyl groups is 3. The molecule has 42 heavy (non-hydrogen) atoms. The Morgan fingerprint density at radius 3 is 2.33 bits per heavy atom. The smallest absolute Gasteiger partial charge is 0.326 e. The van der Waals surface area contributed by atoms with Crippen molar-refractivity contribution in [2.45, 2.75) is 155 Å². The van der Waals surface area contributed by atoms with Crippen molar-refractivity contribution in [2.75, 3.05) is 6.54 Å². The maximum absolute atomic E-state index is 13.1. The zero-order chi connectivity index (χ0) is 31.0. The lowest BCUT2D eigenvalue weighted by atomic mass is 9.79. The zero-order valence-electron chi connectivity index (χ0n) is 26.8. The highest BCUT2D eigenvalue weighted by Crippen LogP contribution is 2.38. The second kappa shape index (κ2) is 16.0. The Balaban J connectivity index is 1.47. The Labute approximate surface area is 253 Å². The van der Waals surface area contributed by atoms with Crippen LogP contribution in [0.4, 0.5) is 0 Å². The third kappa shape index (κ3) is 10.3. The van der Waals surface area contributed by atoms with Gasteiger partial charge in [-0.25, -0.2) is 4.79 Å². The van der Waals surface area contributed by atoms with Crippen LogP contribution in [0.15, 0.2) is 11.6 Å². The molecule has 0 aromatic heterocycles. The quantitative estimate of drug-likeness (QED) is 0.203. The van der Waals surface area contributed by atoms with Gasteiger partial charge in [-0.05, 0) is 113 Å². The summed E-state index contributed by atoms with van der Waals surface area (Å²) in [4.78, 5) is 26.2. The van der Waals surface area contributed by atoms with Crippen LogP contribution < -0.4 is 0 Å². The van der Waals surface area contributed by atoms with E-state index in [-0.39, 0.29) is 30.5 Å². The molecule has 0 bridgehead atoms. The molecule has 0 radical (unpaired) electrons. The van der Waals surface area contributed by atoms with E-state index in [9.17, 15) is 30.0 Å². The molecule has 8 atom stereocenters. The van der Waals surface area contributed by atoms with E-state index < -0.39 is 23.9 Å². The summed E-state index contributed by atoms with van der Waals surface area (Å²) < 4.78 is 6.11. The van der Waals surface area contributed by atoms with Gasteiger partial charge in [0, 0.05) is 18.9 Å². The van der Waals surface area contributed by atoms with Gasteiger partial charge in [-0.3, -0.25) is 4.79 Å². The van der Waals surface area contributed by atoms with Gasteiger partial charge in [0.05, 0.1) is 24.7 Å². The van der Waals surface area contributed by atoms with Gasteiger partial charge >= 0.3 is 5.97 Å². The molecule has 4 N–H and O–H groups in total. The molecule has 0 spiro atoms. The maximum atomic E-state index is 13.1. The lowest BCUT2D eigenvalue weighted by Crippen LogP contribution is -2.54. The Morgan fingerprint density at radius 2 is 1.67 bits per heavy atom. The molecule has 2 aliphatic heterocycles. The summed E-state index contributed by atoms with van der Waals surface area (Å²) in [6, 6.07) is -0.848. The minimum atomic E-state index is -1.67. The topological polar surface area (TPSA) is 128 Å². The molecule has 1 saturated carbocycles. The van der Waals surface area contributed by atoms with Crippen molar-refractivity contribution in [3.63, 3.8) is 0 Å². The predicted octanol–water partition coefficient (Wildman–Crippen LogP) is 5.67. The number of ether oxygens (including phenoxy) is 1. The number of allylic oxidation sites excluding steroid dienone is 1. The van der Waals surface area contributed by atoms with Crippen molar-refractivity contribution in [3.05, 3.63) is 11.6 Å². The van der Waals surface area contributed by atoms with E-state index in [1.165, 1.54) is 17.7 Å². The third-order valence-electron chi connectivity index (χ3n) is 10.3. The minimum absolute atomic E-state index is 0.0941. The fraction of sp³-hybridized carbons (Fsp3) is 0.882. The highest BCUT2D eigenvalue weighted by Gasteiger charge is 2.45. The van der Waals surface area contributed by atoms with Gasteiger partial charge in [-0.15, -0.1) is 0 Å². The number of nitrogens with zero attached hydrogens (tertiary/aromatic N) is 1. The van der Waals surface area contributed by atoms with Gasteiger partial charge in [0.25, 0.3) is 0 Å². The van der Waals surface area contributed by atoms with Crippen LogP contribution in [0.3, 0.4) is 0 Å². The largest absolute Gasteiger partial charge is 0.480 e. The number of hydrogen-bond donors (Lipinski definition) is 4. The van der Waals surface area contributed by atoms with E-state index in [2.05, 4.69) is 26.8 Å². The Bertz CT molecular complexity index is 900. The number of hydrogen-bond acceptors (Lipinski definition) is 6. The first-order valence-corrected chi connectivity index (χ1v) is 16.7. The summed E-state index contributed by atoms with van der Waals surface area (Å²) in [7, 11) is 0. The maximum Gasteiger partial charge on any atom is 0.326 e. The Morgan fingerprint density at radius 1 is 0.976 bits per heavy atom. The van der Waals surface area contributed by atoms with E-state index in [1.54, 1.807) is 0 Å². The molecule has 0 aromatic rings. The van der Waals surface area contributed by atoms with E-state index >= 15 is 0 Å². The number of aliphatic hydroxyl groups excluding tert-OH is 2. The molecule has 8 unspecified atom stereocenters. The molecule has 0 aromatic carbocycles. The van der Waals surface area contributed by atoms with Gasteiger partial charge in [-0.2, -0.15) is 0 Å². The van der Waals surface area contributed by atoms with Crippen molar-refractivity contribution in [2.24, 2.45) is 29.6 Å². The molecule has 3 rings (SSSR count). The summed E-state index contributed by atoms with van der Waals surface area (Å²) in [6.07, 6.45) is 12.1. The zero-order valence-corrected chi connectivity index (χ0v) is 26.8. The van der Waals surface area contributed by atoms with E-state index in [0.29, 0.717) is 50.0 Å². The molecule has 3 fully saturated rings. The van der Waals surface area contributed by atoms with Crippen molar-refractivity contribution >= 4 is 11.9 Å². The van der Waals surface area contributed by atoms with Crippen molar-refractivity contribution < 1.29 is 34.8 Å². The fourth-order valence-electron chi connectivity index (χ4n) is 7.84. The molecule has 242 valence electrons. The Kier molecular flexibility index (Phi) is 13.3. The van der Waals surface area contributed by atoms with Gasteiger partial charge in [0.1, 0.15) is 6.04 Å². The van der Waals surface area contributed by atoms with Crippen LogP contribution in [0, 0.1) is 29.6 Å². The highest BCUT2D eigenvalue weighted by atomic mass is 16.6. The first-order valence-electron chi connectivity index (χ1n) is 16.7. The molecule has 3 aliphatic rings. The normalized spacial score (nSPS) is 34.0. The van der Waals surface area contributed by atoms with E-state index in [1.807, 2.05) is 13.8 Å². The van der Waals surface area contributed by atoms with E-state index in [4.69, 9.17) is 4.74 Å². The summed E-state index contributed by atoms with van der Waals surface area (Å²) >= 11 is 0. The average Bonchev–Trinajstić information content (AvgIpc) is 2.91. The van der Waals surface area contributed by atoms with Crippen LogP contribution in [0.25, 0.3) is 0 Å². The summed E-state index contributed by atoms with van der Waals surface area (Å²) in [5.74, 6) is -0.995. The summed E-state index contributed by atoms with van der Waals surface area (Å²) in [5, 5.41) is 41.8. The number of carboxylic acids is 1. The molecular formula is C34H59NO7. The number of aliphatic carboxylic acids is 1. The minimum Gasteiger partial charge on any atom is -0.480 e. The van der Waals surface area contributed by atoms with Crippen LogP contribution in [-0.4, -0.2) is 73.9 Å². The van der Waals surface area contributed by atoms with Crippen LogP contribution in [0.1, 0.15) is 125 Å². The summed E-state index contributed by atoms with van der Waals surface area (Å²) in [6.45, 7) is 11.1. The van der Waals surface area contributed by atoms with Crippen molar-refractivity contribution in [3.8, 4) is 0 Å². The Hall–Kier alpha value is -1.48. The lowest BCUT2D eigenvalue weighted by Gasteiger charge is -2.43. The number of carboxylic acid groups (broad SMARTS) is 1. The van der Waals surface area contributed by atoms with Crippen LogP contribution >= 0.6 is 0 Å². The average molecular weight is 594 g/mol. The predicted molar refractivity (Wildman–Crippen MR) is 164 cm³/mol. The van der Waals surface area contributed by atoms with Gasteiger partial charge in [-0.1, -0.05) is 33.8 Å². The van der Waals surface area contributed by atoms with Crippen LogP contribution in [0.2, 0.25) is 0 Å². The number of rotatable bonds is 13. The first-order chi connectivity index (χ1) is 19.8. The lowest BCUT2D eigenvalue weighted by molar-refractivity contribution is -0.283. The molecule has 2 heterocycles. The number of carbonyl (C=O) groups is 2. The first kappa shape index (κ1) is 35.0. The number of likely N-dealkylation sites (tertiary alicyclic amines) is 1. The standard InChI is InChI=1S/C34H59NO7/c1-22(17-24(3)19-27-10-12-28(36)13-11-27)16-23(2)18-25(4)31(37)20-29-14-9-26(5)34(41,42-29)21-32(38)35-15-7-6-8-30(35)33(39)40/h18,22-24,26-31,36-37,41H,6-17,19-21H2,1-5H3,(H,39,40). The number of amides is 1. The van der Waals surface area contributed by atoms with Gasteiger partial charge in [0.2, 0.25) is 5.91 Å². The molecule has 1 amide bonds.